The predicted octanol–water partition coefficient (Wildman–Crippen LogP) is 3.27. The van der Waals surface area contributed by atoms with Crippen LogP contribution in [-0.4, -0.2) is 43.7 Å². The first-order chi connectivity index (χ1) is 13.3. The molecule has 8 heteroatoms. The summed E-state index contributed by atoms with van der Waals surface area (Å²) >= 11 is 1.18. The molecule has 2 aromatic rings. The fourth-order valence-corrected chi connectivity index (χ4v) is 5.76. The van der Waals surface area contributed by atoms with Gasteiger partial charge >= 0.3 is 5.97 Å². The van der Waals surface area contributed by atoms with Crippen molar-refractivity contribution >= 4 is 33.1 Å². The van der Waals surface area contributed by atoms with Gasteiger partial charge in [-0.1, -0.05) is 35.9 Å². The molecule has 0 bridgehead atoms. The van der Waals surface area contributed by atoms with Crippen LogP contribution in [0.2, 0.25) is 0 Å². The molecule has 0 spiro atoms. The van der Waals surface area contributed by atoms with Crippen LogP contribution in [0.3, 0.4) is 0 Å². The van der Waals surface area contributed by atoms with Crippen molar-refractivity contribution in [1.29, 1.82) is 0 Å². The summed E-state index contributed by atoms with van der Waals surface area (Å²) in [4.78, 5) is 24.9. The summed E-state index contributed by atoms with van der Waals surface area (Å²) in [6, 6.07) is 10.4. The molecule has 0 saturated carbocycles. The summed E-state index contributed by atoms with van der Waals surface area (Å²) in [6.07, 6.45) is -0.105. The highest BCUT2D eigenvalue weighted by atomic mass is 32.2. The fourth-order valence-electron chi connectivity index (χ4n) is 3.15. The molecule has 0 unspecified atom stereocenters. The maximum atomic E-state index is 12.5. The lowest BCUT2D eigenvalue weighted by Crippen LogP contribution is -2.41. The molecular formula is C20H23NO5S2. The van der Waals surface area contributed by atoms with Gasteiger partial charge in [0.15, 0.2) is 6.10 Å². The van der Waals surface area contributed by atoms with Gasteiger partial charge in [-0.25, -0.2) is 8.42 Å². The first-order valence-electron chi connectivity index (χ1n) is 9.14. The molecule has 1 aliphatic rings. The molecule has 6 nitrogen and oxygen atoms in total. The van der Waals surface area contributed by atoms with E-state index in [4.69, 9.17) is 4.74 Å². The summed E-state index contributed by atoms with van der Waals surface area (Å²) in [5, 5.41) is 1.73. The Balaban J connectivity index is 1.55. The van der Waals surface area contributed by atoms with Crippen molar-refractivity contribution in [3.8, 4) is 0 Å². The summed E-state index contributed by atoms with van der Waals surface area (Å²) in [6.45, 7) is 4.03. The molecule has 0 amide bonds. The maximum absolute atomic E-state index is 12.5. The zero-order valence-corrected chi connectivity index (χ0v) is 17.5. The SMILES string of the molecule is Cc1ccc(C(=O)[C@H](C)OC(=O)C2CCN(S(=O)(=O)c3cccs3)CC2)cc1. The van der Waals surface area contributed by atoms with Crippen LogP contribution in [-0.2, 0) is 19.6 Å². The second-order valence-electron chi connectivity index (χ2n) is 6.92. The Morgan fingerprint density at radius 2 is 1.79 bits per heavy atom. The number of carbonyl (C=O) groups excluding carboxylic acids is 2. The molecule has 1 saturated heterocycles. The van der Waals surface area contributed by atoms with Crippen LogP contribution in [0.1, 0.15) is 35.7 Å². The summed E-state index contributed by atoms with van der Waals surface area (Å²) in [5.74, 6) is -1.09. The van der Waals surface area contributed by atoms with Gasteiger partial charge < -0.3 is 4.74 Å². The molecular weight excluding hydrogens is 398 g/mol. The van der Waals surface area contributed by atoms with Gasteiger partial charge in [-0.3, -0.25) is 9.59 Å². The zero-order chi connectivity index (χ0) is 20.3. The Morgan fingerprint density at radius 1 is 1.14 bits per heavy atom. The van der Waals surface area contributed by atoms with Crippen molar-refractivity contribution in [2.75, 3.05) is 13.1 Å². The topological polar surface area (TPSA) is 80.8 Å². The number of hydrogen-bond acceptors (Lipinski definition) is 6. The number of ketones is 1. The normalized spacial score (nSPS) is 17.2. The Hall–Kier alpha value is -2.03. The van der Waals surface area contributed by atoms with Crippen LogP contribution >= 0.6 is 11.3 Å². The molecule has 0 aliphatic carbocycles. The number of esters is 1. The number of piperidine rings is 1. The number of ether oxygens (including phenoxy) is 1. The minimum Gasteiger partial charge on any atom is -0.454 e. The molecule has 1 aromatic heterocycles. The third-order valence-electron chi connectivity index (χ3n) is 4.87. The predicted molar refractivity (Wildman–Crippen MR) is 107 cm³/mol. The van der Waals surface area contributed by atoms with Crippen LogP contribution in [0.15, 0.2) is 46.0 Å². The lowest BCUT2D eigenvalue weighted by molar-refractivity contribution is -0.152. The van der Waals surface area contributed by atoms with E-state index in [1.807, 2.05) is 19.1 Å². The molecule has 150 valence electrons. The first-order valence-corrected chi connectivity index (χ1v) is 11.5. The van der Waals surface area contributed by atoms with E-state index in [0.717, 1.165) is 5.56 Å². The van der Waals surface area contributed by atoms with Crippen LogP contribution in [0.5, 0.6) is 0 Å². The third-order valence-corrected chi connectivity index (χ3v) is 8.15. The fraction of sp³-hybridized carbons (Fsp3) is 0.400. The van der Waals surface area contributed by atoms with Crippen LogP contribution in [0.25, 0.3) is 0 Å². The van der Waals surface area contributed by atoms with Gasteiger partial charge in [0, 0.05) is 18.7 Å². The van der Waals surface area contributed by atoms with Crippen LogP contribution < -0.4 is 0 Å². The number of nitrogens with zero attached hydrogens (tertiary/aromatic N) is 1. The number of Topliss-reactive ketones (excluding diaryl/α,β-unsaturated/α-hetero) is 1. The van der Waals surface area contributed by atoms with Crippen molar-refractivity contribution in [2.24, 2.45) is 5.92 Å². The Labute approximate surface area is 169 Å². The summed E-state index contributed by atoms with van der Waals surface area (Å²) in [7, 11) is -3.50. The lowest BCUT2D eigenvalue weighted by Gasteiger charge is -2.30. The van der Waals surface area contributed by atoms with E-state index >= 15 is 0 Å². The van der Waals surface area contributed by atoms with E-state index < -0.39 is 28.0 Å². The van der Waals surface area contributed by atoms with Crippen LogP contribution in [0, 0.1) is 12.8 Å². The second kappa shape index (κ2) is 8.55. The molecule has 0 N–H and O–H groups in total. The van der Waals surface area contributed by atoms with E-state index in [9.17, 15) is 18.0 Å². The second-order valence-corrected chi connectivity index (χ2v) is 10.0. The highest BCUT2D eigenvalue weighted by Gasteiger charge is 2.34. The molecule has 1 aromatic carbocycles. The highest BCUT2D eigenvalue weighted by Crippen LogP contribution is 2.27. The third kappa shape index (κ3) is 4.51. The van der Waals surface area contributed by atoms with Gasteiger partial charge in [0.2, 0.25) is 5.78 Å². The number of benzene rings is 1. The average molecular weight is 422 g/mol. The molecule has 3 rings (SSSR count). The Morgan fingerprint density at radius 3 is 2.36 bits per heavy atom. The number of thiophene rings is 1. The monoisotopic (exact) mass is 421 g/mol. The van der Waals surface area contributed by atoms with Gasteiger partial charge in [0.05, 0.1) is 5.92 Å². The average Bonchev–Trinajstić information content (AvgIpc) is 3.24. The maximum Gasteiger partial charge on any atom is 0.309 e. The van der Waals surface area contributed by atoms with Gasteiger partial charge in [0.25, 0.3) is 10.0 Å². The minimum absolute atomic E-state index is 0.244. The number of hydrogen-bond donors (Lipinski definition) is 0. The van der Waals surface area contributed by atoms with E-state index in [1.165, 1.54) is 15.6 Å². The van der Waals surface area contributed by atoms with Gasteiger partial charge in [-0.05, 0) is 38.1 Å². The highest BCUT2D eigenvalue weighted by molar-refractivity contribution is 7.91. The number of rotatable bonds is 6. The van der Waals surface area contributed by atoms with E-state index in [0.29, 0.717) is 22.6 Å². The Kier molecular flexibility index (Phi) is 6.32. The van der Waals surface area contributed by atoms with Crippen LogP contribution in [0.4, 0.5) is 0 Å². The molecule has 28 heavy (non-hydrogen) atoms. The Bertz CT molecular complexity index is 927. The minimum atomic E-state index is -3.50. The molecule has 1 aliphatic heterocycles. The zero-order valence-electron chi connectivity index (χ0n) is 15.8. The van der Waals surface area contributed by atoms with Crippen molar-refractivity contribution < 1.29 is 22.7 Å². The quantitative estimate of drug-likeness (QED) is 0.528. The number of sulfonamides is 1. The van der Waals surface area contributed by atoms with Crippen molar-refractivity contribution in [3.05, 3.63) is 52.9 Å². The number of carbonyl (C=O) groups is 2. The van der Waals surface area contributed by atoms with Gasteiger partial charge in [-0.2, -0.15) is 4.31 Å². The van der Waals surface area contributed by atoms with Crippen molar-refractivity contribution in [2.45, 2.75) is 37.0 Å². The van der Waals surface area contributed by atoms with Crippen molar-refractivity contribution in [1.82, 2.24) is 4.31 Å². The number of aryl methyl sites for hydroxylation is 1. The largest absolute Gasteiger partial charge is 0.454 e. The van der Waals surface area contributed by atoms with Gasteiger partial charge in [0.1, 0.15) is 4.21 Å². The molecule has 0 radical (unpaired) electrons. The standard InChI is InChI=1S/C20H23NO5S2/c1-14-5-7-16(8-6-14)19(22)15(2)26-20(23)17-9-11-21(12-10-17)28(24,25)18-4-3-13-27-18/h3-8,13,15,17H,9-12H2,1-2H3/t15-/m0/s1. The van der Waals surface area contributed by atoms with E-state index in [2.05, 4.69) is 0 Å². The molecule has 1 atom stereocenters. The first kappa shape index (κ1) is 20.7. The van der Waals surface area contributed by atoms with Crippen molar-refractivity contribution in [3.63, 3.8) is 0 Å². The molecule has 1 fully saturated rings. The van der Waals surface area contributed by atoms with E-state index in [-0.39, 0.29) is 18.9 Å². The smallest absolute Gasteiger partial charge is 0.309 e. The summed E-state index contributed by atoms with van der Waals surface area (Å²) in [5.41, 5.74) is 1.55. The van der Waals surface area contributed by atoms with E-state index in [1.54, 1.807) is 36.6 Å². The lowest BCUT2D eigenvalue weighted by atomic mass is 9.98. The summed E-state index contributed by atoms with van der Waals surface area (Å²) < 4.78 is 32.2. The van der Waals surface area contributed by atoms with Gasteiger partial charge in [-0.15, -0.1) is 11.3 Å². The molecule has 2 heterocycles.